The molecule has 1 aromatic heterocycles. The first-order valence-electron chi connectivity index (χ1n) is 7.10. The van der Waals surface area contributed by atoms with Gasteiger partial charge in [-0.05, 0) is 29.6 Å². The van der Waals surface area contributed by atoms with Crippen molar-refractivity contribution in [3.05, 3.63) is 51.4 Å². The summed E-state index contributed by atoms with van der Waals surface area (Å²) in [5.41, 5.74) is 0.509. The van der Waals surface area contributed by atoms with Gasteiger partial charge in [-0.25, -0.2) is 4.39 Å². The van der Waals surface area contributed by atoms with Crippen molar-refractivity contribution in [3.8, 4) is 0 Å². The Kier molecular flexibility index (Phi) is 4.63. The molecule has 0 radical (unpaired) electrons. The van der Waals surface area contributed by atoms with Gasteiger partial charge >= 0.3 is 0 Å². The molecule has 4 nitrogen and oxygen atoms in total. The largest absolute Gasteiger partial charge is 0.351 e. The average Bonchev–Trinajstić information content (AvgIpc) is 3.17. The SMILES string of the molecule is O=C(NCc1cccs1)C1CC(=O)N(c2ccc(F)c(Cl)c2)C1. The molecule has 1 atom stereocenters. The Balaban J connectivity index is 1.64. The van der Waals surface area contributed by atoms with Gasteiger partial charge in [0.05, 0.1) is 17.5 Å². The van der Waals surface area contributed by atoms with E-state index in [1.807, 2.05) is 17.5 Å². The minimum Gasteiger partial charge on any atom is -0.351 e. The fourth-order valence-electron chi connectivity index (χ4n) is 2.52. The molecule has 2 aromatic rings. The summed E-state index contributed by atoms with van der Waals surface area (Å²) in [5.74, 6) is -1.26. The number of hydrogen-bond acceptors (Lipinski definition) is 3. The van der Waals surface area contributed by atoms with Crippen molar-refractivity contribution >= 4 is 40.4 Å². The zero-order valence-corrected chi connectivity index (χ0v) is 13.7. The molecule has 1 saturated heterocycles. The van der Waals surface area contributed by atoms with E-state index < -0.39 is 11.7 Å². The van der Waals surface area contributed by atoms with Crippen LogP contribution < -0.4 is 10.2 Å². The van der Waals surface area contributed by atoms with Crippen LogP contribution in [-0.2, 0) is 16.1 Å². The number of carbonyl (C=O) groups excluding carboxylic acids is 2. The van der Waals surface area contributed by atoms with Gasteiger partial charge in [0.15, 0.2) is 0 Å². The van der Waals surface area contributed by atoms with Crippen LogP contribution in [0.2, 0.25) is 5.02 Å². The number of nitrogens with zero attached hydrogens (tertiary/aromatic N) is 1. The topological polar surface area (TPSA) is 49.4 Å². The molecule has 0 saturated carbocycles. The molecule has 7 heteroatoms. The average molecular weight is 353 g/mol. The van der Waals surface area contributed by atoms with Gasteiger partial charge in [-0.3, -0.25) is 9.59 Å². The Morgan fingerprint density at radius 2 is 2.26 bits per heavy atom. The van der Waals surface area contributed by atoms with Crippen molar-refractivity contribution in [2.45, 2.75) is 13.0 Å². The number of rotatable bonds is 4. The number of carbonyl (C=O) groups is 2. The first kappa shape index (κ1) is 16.0. The maximum absolute atomic E-state index is 13.2. The first-order valence-corrected chi connectivity index (χ1v) is 8.36. The molecule has 23 heavy (non-hydrogen) atoms. The van der Waals surface area contributed by atoms with E-state index in [1.165, 1.54) is 23.1 Å². The number of nitrogens with one attached hydrogen (secondary N) is 1. The number of hydrogen-bond donors (Lipinski definition) is 1. The minimum atomic E-state index is -0.535. The molecular formula is C16H14ClFN2O2S. The van der Waals surface area contributed by atoms with Gasteiger partial charge in [0, 0.05) is 23.5 Å². The van der Waals surface area contributed by atoms with Crippen LogP contribution in [0.1, 0.15) is 11.3 Å². The molecule has 2 heterocycles. The normalized spacial score (nSPS) is 17.6. The lowest BCUT2D eigenvalue weighted by molar-refractivity contribution is -0.126. The van der Waals surface area contributed by atoms with Crippen LogP contribution in [-0.4, -0.2) is 18.4 Å². The summed E-state index contributed by atoms with van der Waals surface area (Å²) in [4.78, 5) is 26.9. The van der Waals surface area contributed by atoms with E-state index in [4.69, 9.17) is 11.6 Å². The predicted octanol–water partition coefficient (Wildman–Crippen LogP) is 3.21. The van der Waals surface area contributed by atoms with E-state index in [0.717, 1.165) is 4.88 Å². The third-order valence-electron chi connectivity index (χ3n) is 3.73. The third-order valence-corrected chi connectivity index (χ3v) is 4.89. The van der Waals surface area contributed by atoms with Crippen molar-refractivity contribution in [1.82, 2.24) is 5.32 Å². The molecule has 0 bridgehead atoms. The Morgan fingerprint density at radius 1 is 1.43 bits per heavy atom. The monoisotopic (exact) mass is 352 g/mol. The summed E-state index contributed by atoms with van der Waals surface area (Å²) in [6.07, 6.45) is 0.144. The van der Waals surface area contributed by atoms with Gasteiger partial charge in [-0.2, -0.15) is 0 Å². The third kappa shape index (κ3) is 3.54. The number of amides is 2. The van der Waals surface area contributed by atoms with E-state index in [0.29, 0.717) is 12.2 Å². The quantitative estimate of drug-likeness (QED) is 0.918. The Hall–Kier alpha value is -1.92. The van der Waals surface area contributed by atoms with Gasteiger partial charge in [0.2, 0.25) is 11.8 Å². The van der Waals surface area contributed by atoms with E-state index in [-0.39, 0.29) is 29.8 Å². The fraction of sp³-hybridized carbons (Fsp3) is 0.250. The second-order valence-electron chi connectivity index (χ2n) is 5.30. The van der Waals surface area contributed by atoms with Crippen molar-refractivity contribution in [1.29, 1.82) is 0 Å². The molecule has 1 N–H and O–H groups in total. The molecule has 1 aliphatic heterocycles. The van der Waals surface area contributed by atoms with Gasteiger partial charge < -0.3 is 10.2 Å². The minimum absolute atomic E-state index is 0.0408. The fourth-order valence-corrected chi connectivity index (χ4v) is 3.34. The van der Waals surface area contributed by atoms with E-state index in [2.05, 4.69) is 5.32 Å². The zero-order valence-electron chi connectivity index (χ0n) is 12.1. The lowest BCUT2D eigenvalue weighted by Gasteiger charge is -2.17. The van der Waals surface area contributed by atoms with E-state index in [1.54, 1.807) is 11.3 Å². The van der Waals surface area contributed by atoms with Crippen molar-refractivity contribution in [3.63, 3.8) is 0 Å². The van der Waals surface area contributed by atoms with E-state index in [9.17, 15) is 14.0 Å². The highest BCUT2D eigenvalue weighted by atomic mass is 35.5. The number of thiophene rings is 1. The molecule has 120 valence electrons. The summed E-state index contributed by atoms with van der Waals surface area (Å²) >= 11 is 7.32. The van der Waals surface area contributed by atoms with Gasteiger partial charge in [-0.15, -0.1) is 11.3 Å². The van der Waals surface area contributed by atoms with Crippen LogP contribution in [0.4, 0.5) is 10.1 Å². The first-order chi connectivity index (χ1) is 11.0. The molecule has 1 fully saturated rings. The maximum Gasteiger partial charge on any atom is 0.227 e. The summed E-state index contributed by atoms with van der Waals surface area (Å²) in [6, 6.07) is 7.98. The highest BCUT2D eigenvalue weighted by molar-refractivity contribution is 7.09. The molecule has 2 amide bonds. The Labute approximate surface area is 141 Å². The molecule has 1 unspecified atom stereocenters. The molecule has 0 spiro atoms. The predicted molar refractivity (Wildman–Crippen MR) is 88.0 cm³/mol. The number of halogens is 2. The molecule has 0 aliphatic carbocycles. The second-order valence-corrected chi connectivity index (χ2v) is 6.74. The summed E-state index contributed by atoms with van der Waals surface area (Å²) in [7, 11) is 0. The van der Waals surface area contributed by atoms with E-state index >= 15 is 0 Å². The summed E-state index contributed by atoms with van der Waals surface area (Å²) in [6.45, 7) is 0.737. The standard InChI is InChI=1S/C16H14ClFN2O2S/c17-13-7-11(3-4-14(13)18)20-9-10(6-15(20)21)16(22)19-8-12-2-1-5-23-12/h1-5,7,10H,6,8-9H2,(H,19,22). The Morgan fingerprint density at radius 3 is 2.96 bits per heavy atom. The number of benzene rings is 1. The maximum atomic E-state index is 13.2. The lowest BCUT2D eigenvalue weighted by atomic mass is 10.1. The Bertz CT molecular complexity index is 736. The molecular weight excluding hydrogens is 339 g/mol. The summed E-state index contributed by atoms with van der Waals surface area (Å²) in [5, 5.41) is 4.75. The van der Waals surface area contributed by atoms with Crippen LogP contribution in [0.15, 0.2) is 35.7 Å². The van der Waals surface area contributed by atoms with Crippen LogP contribution in [0.25, 0.3) is 0 Å². The van der Waals surface area contributed by atoms with Crippen LogP contribution in [0.5, 0.6) is 0 Å². The van der Waals surface area contributed by atoms with Gasteiger partial charge in [0.25, 0.3) is 0 Å². The second kappa shape index (κ2) is 6.68. The van der Waals surface area contributed by atoms with Crippen molar-refractivity contribution in [2.75, 3.05) is 11.4 Å². The van der Waals surface area contributed by atoms with Gasteiger partial charge in [-0.1, -0.05) is 17.7 Å². The van der Waals surface area contributed by atoms with Gasteiger partial charge in [0.1, 0.15) is 5.82 Å². The molecule has 3 rings (SSSR count). The van der Waals surface area contributed by atoms with Crippen LogP contribution >= 0.6 is 22.9 Å². The van der Waals surface area contributed by atoms with Crippen molar-refractivity contribution < 1.29 is 14.0 Å². The van der Waals surface area contributed by atoms with Crippen molar-refractivity contribution in [2.24, 2.45) is 5.92 Å². The molecule has 1 aromatic carbocycles. The zero-order chi connectivity index (χ0) is 16.4. The van der Waals surface area contributed by atoms with Crippen LogP contribution in [0, 0.1) is 11.7 Å². The summed E-state index contributed by atoms with van der Waals surface area (Å²) < 4.78 is 13.2. The smallest absolute Gasteiger partial charge is 0.227 e. The molecule has 1 aliphatic rings. The lowest BCUT2D eigenvalue weighted by Crippen LogP contribution is -2.32. The highest BCUT2D eigenvalue weighted by Crippen LogP contribution is 2.28. The highest BCUT2D eigenvalue weighted by Gasteiger charge is 2.35. The number of anilines is 1. The van der Waals surface area contributed by atoms with Crippen LogP contribution in [0.3, 0.4) is 0 Å².